The first kappa shape index (κ1) is 16.7. The molecule has 1 amide bonds. The van der Waals surface area contributed by atoms with Crippen LogP contribution in [-0.4, -0.2) is 46.8 Å². The van der Waals surface area contributed by atoms with Gasteiger partial charge in [0.05, 0.1) is 12.2 Å². The van der Waals surface area contributed by atoms with E-state index in [1.165, 1.54) is 16.0 Å². The molecule has 0 aromatic carbocycles. The highest BCUT2D eigenvalue weighted by atomic mass is 32.1. The molecule has 8 heteroatoms. The van der Waals surface area contributed by atoms with E-state index in [0.29, 0.717) is 22.9 Å². The highest BCUT2D eigenvalue weighted by molar-refractivity contribution is 7.17. The van der Waals surface area contributed by atoms with Gasteiger partial charge in [0.2, 0.25) is 0 Å². The molecule has 0 spiro atoms. The van der Waals surface area contributed by atoms with E-state index in [0.717, 1.165) is 30.0 Å². The van der Waals surface area contributed by atoms with E-state index in [1.807, 2.05) is 7.05 Å². The molecule has 1 N–H and O–H groups in total. The van der Waals surface area contributed by atoms with E-state index in [-0.39, 0.29) is 11.9 Å². The zero-order valence-electron chi connectivity index (χ0n) is 14.0. The van der Waals surface area contributed by atoms with Crippen LogP contribution in [0.25, 0.3) is 0 Å². The monoisotopic (exact) mass is 348 g/mol. The zero-order chi connectivity index (χ0) is 17.3. The summed E-state index contributed by atoms with van der Waals surface area (Å²) in [5.41, 5.74) is 1.94. The lowest BCUT2D eigenvalue weighted by Crippen LogP contribution is -2.26. The predicted octanol–water partition coefficient (Wildman–Crippen LogP) is 1.90. The van der Waals surface area contributed by atoms with Gasteiger partial charge in [-0.15, -0.1) is 11.3 Å². The number of nitrogens with one attached hydrogen (secondary N) is 1. The molecule has 3 heterocycles. The Hall–Kier alpha value is -2.19. The maximum atomic E-state index is 12.5. The third-order valence-electron chi connectivity index (χ3n) is 4.01. The number of fused-ring (bicyclic) bond motifs is 1. The van der Waals surface area contributed by atoms with E-state index in [2.05, 4.69) is 15.3 Å². The van der Waals surface area contributed by atoms with Crippen LogP contribution in [0.5, 0.6) is 0 Å². The first-order chi connectivity index (χ1) is 11.5. The van der Waals surface area contributed by atoms with Crippen molar-refractivity contribution in [3.8, 4) is 0 Å². The van der Waals surface area contributed by atoms with E-state index in [4.69, 9.17) is 4.74 Å². The van der Waals surface area contributed by atoms with Gasteiger partial charge in [-0.05, 0) is 32.0 Å². The minimum absolute atomic E-state index is 0.285. The van der Waals surface area contributed by atoms with Crippen LogP contribution in [0.2, 0.25) is 0 Å². The Morgan fingerprint density at radius 1 is 1.42 bits per heavy atom. The number of likely N-dealkylation sites (N-methyl/N-ethyl adjacent to an activating group) is 1. The molecule has 0 radical (unpaired) electrons. The van der Waals surface area contributed by atoms with Crippen molar-refractivity contribution in [1.29, 1.82) is 0 Å². The Balaban J connectivity index is 1.96. The molecule has 0 saturated heterocycles. The number of aryl methyl sites for hydroxylation is 1. The van der Waals surface area contributed by atoms with Crippen molar-refractivity contribution >= 4 is 28.2 Å². The van der Waals surface area contributed by atoms with E-state index in [9.17, 15) is 9.59 Å². The SMILES string of the molecule is CCOC(=O)c1c(NC(=O)c2ccnn2C)sc2c1CCN(C)C2. The molecule has 7 nitrogen and oxygen atoms in total. The van der Waals surface area contributed by atoms with Crippen LogP contribution in [-0.2, 0) is 24.8 Å². The maximum absolute atomic E-state index is 12.5. The Morgan fingerprint density at radius 2 is 2.21 bits per heavy atom. The van der Waals surface area contributed by atoms with E-state index < -0.39 is 0 Å². The largest absolute Gasteiger partial charge is 0.462 e. The molecule has 0 unspecified atom stereocenters. The van der Waals surface area contributed by atoms with Crippen LogP contribution in [0.3, 0.4) is 0 Å². The lowest BCUT2D eigenvalue weighted by Gasteiger charge is -2.22. The first-order valence-electron chi connectivity index (χ1n) is 7.80. The van der Waals surface area contributed by atoms with Gasteiger partial charge in [-0.1, -0.05) is 0 Å². The first-order valence-corrected chi connectivity index (χ1v) is 8.62. The number of carbonyl (C=O) groups is 2. The molecule has 128 valence electrons. The number of anilines is 1. The van der Waals surface area contributed by atoms with Crippen LogP contribution < -0.4 is 5.32 Å². The van der Waals surface area contributed by atoms with Gasteiger partial charge >= 0.3 is 5.97 Å². The highest BCUT2D eigenvalue weighted by Crippen LogP contribution is 2.37. The van der Waals surface area contributed by atoms with Crippen LogP contribution >= 0.6 is 11.3 Å². The molecule has 2 aromatic heterocycles. The number of nitrogens with zero attached hydrogens (tertiary/aromatic N) is 3. The van der Waals surface area contributed by atoms with Crippen LogP contribution in [0.15, 0.2) is 12.3 Å². The molecule has 0 atom stereocenters. The quantitative estimate of drug-likeness (QED) is 0.854. The molecule has 0 bridgehead atoms. The molecular weight excluding hydrogens is 328 g/mol. The summed E-state index contributed by atoms with van der Waals surface area (Å²) < 4.78 is 6.70. The average molecular weight is 348 g/mol. The van der Waals surface area contributed by atoms with Crippen molar-refractivity contribution in [3.63, 3.8) is 0 Å². The van der Waals surface area contributed by atoms with Gasteiger partial charge in [0.1, 0.15) is 10.7 Å². The van der Waals surface area contributed by atoms with E-state index in [1.54, 1.807) is 26.2 Å². The number of esters is 1. The van der Waals surface area contributed by atoms with Crippen LogP contribution in [0.4, 0.5) is 5.00 Å². The molecule has 24 heavy (non-hydrogen) atoms. The Labute approximate surface area is 144 Å². The Morgan fingerprint density at radius 3 is 2.88 bits per heavy atom. The fourth-order valence-corrected chi connectivity index (χ4v) is 4.11. The number of amides is 1. The standard InChI is InChI=1S/C16H20N4O3S/c1-4-23-16(22)13-10-6-8-19(2)9-12(10)24-15(13)18-14(21)11-5-7-17-20(11)3/h5,7H,4,6,8-9H2,1-3H3,(H,18,21). The normalized spacial score (nSPS) is 14.3. The van der Waals surface area contributed by atoms with Crippen LogP contribution in [0.1, 0.15) is 38.2 Å². The molecule has 2 aromatic rings. The molecule has 0 aliphatic carbocycles. The van der Waals surface area contributed by atoms with Gasteiger partial charge in [-0.2, -0.15) is 5.10 Å². The van der Waals surface area contributed by atoms with Crippen molar-refractivity contribution in [2.45, 2.75) is 19.9 Å². The lowest BCUT2D eigenvalue weighted by molar-refractivity contribution is 0.0526. The summed E-state index contributed by atoms with van der Waals surface area (Å²) >= 11 is 1.45. The van der Waals surface area contributed by atoms with Gasteiger partial charge in [0.15, 0.2) is 0 Å². The van der Waals surface area contributed by atoms with Crippen molar-refractivity contribution in [2.75, 3.05) is 25.5 Å². The Kier molecular flexibility index (Phi) is 4.68. The summed E-state index contributed by atoms with van der Waals surface area (Å²) in [6, 6.07) is 1.64. The van der Waals surface area contributed by atoms with Gasteiger partial charge < -0.3 is 15.0 Å². The number of aromatic nitrogens is 2. The smallest absolute Gasteiger partial charge is 0.341 e. The van der Waals surface area contributed by atoms with Crippen molar-refractivity contribution in [3.05, 3.63) is 34.0 Å². The number of rotatable bonds is 4. The second kappa shape index (κ2) is 6.74. The predicted molar refractivity (Wildman–Crippen MR) is 91.5 cm³/mol. The Bertz CT molecular complexity index is 780. The molecule has 1 aliphatic rings. The van der Waals surface area contributed by atoms with E-state index >= 15 is 0 Å². The van der Waals surface area contributed by atoms with Crippen molar-refractivity contribution < 1.29 is 14.3 Å². The third-order valence-corrected chi connectivity index (χ3v) is 5.14. The second-order valence-corrected chi connectivity index (χ2v) is 6.82. The number of hydrogen-bond acceptors (Lipinski definition) is 6. The lowest BCUT2D eigenvalue weighted by atomic mass is 10.0. The zero-order valence-corrected chi connectivity index (χ0v) is 14.8. The third kappa shape index (κ3) is 3.07. The molecule has 0 fully saturated rings. The van der Waals surface area contributed by atoms with Crippen molar-refractivity contribution in [2.24, 2.45) is 7.05 Å². The minimum Gasteiger partial charge on any atom is -0.462 e. The molecule has 0 saturated carbocycles. The fraction of sp³-hybridized carbons (Fsp3) is 0.438. The topological polar surface area (TPSA) is 76.5 Å². The highest BCUT2D eigenvalue weighted by Gasteiger charge is 2.29. The summed E-state index contributed by atoms with van der Waals surface area (Å²) in [5, 5.41) is 7.42. The summed E-state index contributed by atoms with van der Waals surface area (Å²) in [7, 11) is 3.75. The average Bonchev–Trinajstić information content (AvgIpc) is 3.10. The second-order valence-electron chi connectivity index (χ2n) is 5.71. The number of hydrogen-bond donors (Lipinski definition) is 1. The molecular formula is C16H20N4O3S. The summed E-state index contributed by atoms with van der Waals surface area (Å²) in [4.78, 5) is 28.2. The van der Waals surface area contributed by atoms with Gasteiger partial charge in [-0.3, -0.25) is 9.48 Å². The minimum atomic E-state index is -0.375. The van der Waals surface area contributed by atoms with Crippen molar-refractivity contribution in [1.82, 2.24) is 14.7 Å². The molecule has 1 aliphatic heterocycles. The number of carbonyl (C=O) groups excluding carboxylic acids is 2. The summed E-state index contributed by atoms with van der Waals surface area (Å²) in [6.07, 6.45) is 2.34. The maximum Gasteiger partial charge on any atom is 0.341 e. The summed E-state index contributed by atoms with van der Waals surface area (Å²) in [6.45, 7) is 3.73. The summed E-state index contributed by atoms with van der Waals surface area (Å²) in [5.74, 6) is -0.660. The number of thiophene rings is 1. The van der Waals surface area contributed by atoms with Gasteiger partial charge in [0.25, 0.3) is 5.91 Å². The van der Waals surface area contributed by atoms with Gasteiger partial charge in [-0.25, -0.2) is 4.79 Å². The van der Waals surface area contributed by atoms with Crippen LogP contribution in [0, 0.1) is 0 Å². The molecule has 3 rings (SSSR count). The number of ether oxygens (including phenoxy) is 1. The fourth-order valence-electron chi connectivity index (χ4n) is 2.80. The van der Waals surface area contributed by atoms with Gasteiger partial charge in [0, 0.05) is 31.2 Å².